The van der Waals surface area contributed by atoms with Crippen LogP contribution in [0.25, 0.3) is 28.0 Å². The lowest BCUT2D eigenvalue weighted by Gasteiger charge is -2.09. The molecule has 8 N–H and O–H groups in total. The van der Waals surface area contributed by atoms with E-state index in [1.807, 2.05) is 31.2 Å². The molecule has 0 radical (unpaired) electrons. The lowest BCUT2D eigenvalue weighted by atomic mass is 10.0. The number of nitrogens with two attached hydrogens (primary N) is 2. The minimum Gasteiger partial charge on any atom is -0.370 e. The van der Waals surface area contributed by atoms with Crippen LogP contribution in [0.4, 0.5) is 4.39 Å². The van der Waals surface area contributed by atoms with Crippen molar-refractivity contribution in [3.8, 4) is 16.9 Å². The van der Waals surface area contributed by atoms with Crippen molar-refractivity contribution in [2.24, 2.45) is 11.5 Å². The molecular weight excluding hydrogens is 519 g/mol. The number of nitrogens with one attached hydrogen (secondary N) is 4. The Hall–Kier alpha value is -3.73. The highest BCUT2D eigenvalue weighted by atomic mass is 35.5. The van der Waals surface area contributed by atoms with Crippen molar-refractivity contribution in [2.75, 3.05) is 13.1 Å². The molecule has 0 aliphatic heterocycles. The SMILES string of the molecule is C[C@@H](N)CCCc1cc(Cl)c(F)c(-c2cc3cn(-c4ccc(CNCCCNC(=N)N)cc4)c(=O)nc3[nH]2)c1. The number of guanidine groups is 1. The van der Waals surface area contributed by atoms with Crippen molar-refractivity contribution < 1.29 is 4.39 Å². The molecule has 206 valence electrons. The minimum absolute atomic E-state index is 0.0288. The van der Waals surface area contributed by atoms with Crippen LogP contribution >= 0.6 is 11.6 Å². The number of aryl methyl sites for hydroxylation is 1. The molecule has 11 heteroatoms. The first-order valence-corrected chi connectivity index (χ1v) is 13.3. The molecule has 0 amide bonds. The third-order valence-corrected chi connectivity index (χ3v) is 6.68. The van der Waals surface area contributed by atoms with Crippen molar-refractivity contribution in [3.05, 3.63) is 81.1 Å². The first-order chi connectivity index (χ1) is 18.7. The van der Waals surface area contributed by atoms with Gasteiger partial charge in [0.25, 0.3) is 0 Å². The Bertz CT molecular complexity index is 1500. The molecule has 0 aliphatic rings. The summed E-state index contributed by atoms with van der Waals surface area (Å²) >= 11 is 6.21. The zero-order valence-corrected chi connectivity index (χ0v) is 22.6. The molecule has 2 aromatic carbocycles. The molecule has 0 saturated carbocycles. The number of aromatic amines is 1. The summed E-state index contributed by atoms with van der Waals surface area (Å²) < 4.78 is 16.5. The molecule has 39 heavy (non-hydrogen) atoms. The molecule has 0 fully saturated rings. The molecule has 0 saturated heterocycles. The van der Waals surface area contributed by atoms with Gasteiger partial charge in [0.15, 0.2) is 11.8 Å². The summed E-state index contributed by atoms with van der Waals surface area (Å²) in [7, 11) is 0. The van der Waals surface area contributed by atoms with E-state index in [4.69, 9.17) is 28.5 Å². The summed E-state index contributed by atoms with van der Waals surface area (Å²) in [6.07, 6.45) is 5.02. The third kappa shape index (κ3) is 7.44. The number of aromatic nitrogens is 3. The van der Waals surface area contributed by atoms with Crippen LogP contribution < -0.4 is 27.8 Å². The van der Waals surface area contributed by atoms with Gasteiger partial charge in [0, 0.05) is 36.3 Å². The Morgan fingerprint density at radius 1 is 1.18 bits per heavy atom. The monoisotopic (exact) mass is 552 g/mol. The van der Waals surface area contributed by atoms with Crippen molar-refractivity contribution in [1.29, 1.82) is 5.41 Å². The maximum atomic E-state index is 15.0. The fourth-order valence-electron chi connectivity index (χ4n) is 4.38. The highest BCUT2D eigenvalue weighted by Crippen LogP contribution is 2.31. The maximum absolute atomic E-state index is 15.0. The molecule has 0 aliphatic carbocycles. The van der Waals surface area contributed by atoms with E-state index in [2.05, 4.69) is 20.6 Å². The highest BCUT2D eigenvalue weighted by Gasteiger charge is 2.15. The van der Waals surface area contributed by atoms with Crippen LogP contribution in [0.1, 0.15) is 37.3 Å². The number of benzene rings is 2. The lowest BCUT2D eigenvalue weighted by molar-refractivity contribution is 0.618. The Labute approximate surface area is 231 Å². The number of hydrogen-bond donors (Lipinski definition) is 6. The van der Waals surface area contributed by atoms with Crippen LogP contribution in [0.5, 0.6) is 0 Å². The number of nitrogens with zero attached hydrogens (tertiary/aromatic N) is 2. The number of fused-ring (bicyclic) bond motifs is 1. The second kappa shape index (κ2) is 12.9. The van der Waals surface area contributed by atoms with Gasteiger partial charge in [0.05, 0.1) is 16.4 Å². The standard InChI is InChI=1S/C28H34ClFN8O/c1-17(31)4-2-5-19-12-22(25(30)23(29)13-19)24-14-20-16-38(28(39)37-26(20)36-24)21-8-6-18(7-9-21)15-34-10-3-11-35-27(32)33/h6-9,12-14,16-17,34H,2-5,10-11,15,31H2,1H3,(H4,32,33,35)(H,36,37,39)/t17-/m1/s1. The molecule has 4 aromatic rings. The molecule has 2 aromatic heterocycles. The van der Waals surface area contributed by atoms with Crippen molar-refractivity contribution in [2.45, 2.75) is 45.2 Å². The van der Waals surface area contributed by atoms with Gasteiger partial charge in [-0.05, 0) is 80.6 Å². The van der Waals surface area contributed by atoms with Crippen LogP contribution in [0.3, 0.4) is 0 Å². The molecule has 0 bridgehead atoms. The first-order valence-electron chi connectivity index (χ1n) is 13.0. The van der Waals surface area contributed by atoms with Crippen molar-refractivity contribution >= 4 is 28.6 Å². The zero-order valence-electron chi connectivity index (χ0n) is 21.9. The van der Waals surface area contributed by atoms with Crippen molar-refractivity contribution in [3.63, 3.8) is 0 Å². The van der Waals surface area contributed by atoms with Gasteiger partial charge in [-0.2, -0.15) is 4.98 Å². The zero-order chi connectivity index (χ0) is 27.9. The molecule has 1 atom stereocenters. The second-order valence-corrected chi connectivity index (χ2v) is 10.1. The smallest absolute Gasteiger partial charge is 0.354 e. The summed E-state index contributed by atoms with van der Waals surface area (Å²) in [5.41, 5.74) is 14.6. The van der Waals surface area contributed by atoms with Crippen LogP contribution in [-0.4, -0.2) is 39.6 Å². The van der Waals surface area contributed by atoms with E-state index in [0.717, 1.165) is 43.4 Å². The number of halogens is 2. The predicted molar refractivity (Wildman–Crippen MR) is 155 cm³/mol. The van der Waals surface area contributed by atoms with E-state index >= 15 is 4.39 Å². The summed E-state index contributed by atoms with van der Waals surface area (Å²) in [5.74, 6) is -0.549. The molecule has 2 heterocycles. The van der Waals surface area contributed by atoms with Crippen molar-refractivity contribution in [1.82, 2.24) is 25.2 Å². The van der Waals surface area contributed by atoms with Crippen LogP contribution in [0, 0.1) is 11.2 Å². The summed E-state index contributed by atoms with van der Waals surface area (Å²) in [4.78, 5) is 20.1. The number of hydrogen-bond acceptors (Lipinski definition) is 5. The largest absolute Gasteiger partial charge is 0.370 e. The van der Waals surface area contributed by atoms with Gasteiger partial charge >= 0.3 is 5.69 Å². The molecule has 0 spiro atoms. The Balaban J connectivity index is 1.50. The van der Waals surface area contributed by atoms with Gasteiger partial charge in [-0.1, -0.05) is 23.7 Å². The van der Waals surface area contributed by atoms with E-state index in [0.29, 0.717) is 41.1 Å². The van der Waals surface area contributed by atoms with Crippen LogP contribution in [0.2, 0.25) is 5.02 Å². The van der Waals surface area contributed by atoms with Gasteiger partial charge < -0.3 is 27.1 Å². The number of H-pyrrole nitrogens is 1. The van der Waals surface area contributed by atoms with E-state index in [1.165, 1.54) is 4.57 Å². The van der Waals surface area contributed by atoms with Gasteiger partial charge in [-0.15, -0.1) is 0 Å². The topological polar surface area (TPSA) is 151 Å². The van der Waals surface area contributed by atoms with E-state index in [9.17, 15) is 4.79 Å². The minimum atomic E-state index is -0.520. The fraction of sp³-hybridized carbons (Fsp3) is 0.321. The molecular formula is C28H34ClFN8O. The predicted octanol–water partition coefficient (Wildman–Crippen LogP) is 3.81. The van der Waals surface area contributed by atoms with E-state index in [-0.39, 0.29) is 17.0 Å². The quantitative estimate of drug-likeness (QED) is 0.0893. The molecule has 0 unspecified atom stereocenters. The van der Waals surface area contributed by atoms with Crippen LogP contribution in [0.15, 0.2) is 53.5 Å². The second-order valence-electron chi connectivity index (χ2n) is 9.73. The normalized spacial score (nSPS) is 12.1. The third-order valence-electron chi connectivity index (χ3n) is 6.40. The Morgan fingerprint density at radius 2 is 1.95 bits per heavy atom. The average Bonchev–Trinajstić information content (AvgIpc) is 3.30. The highest BCUT2D eigenvalue weighted by molar-refractivity contribution is 6.31. The van der Waals surface area contributed by atoms with Gasteiger partial charge in [0.2, 0.25) is 0 Å². The van der Waals surface area contributed by atoms with E-state index in [1.54, 1.807) is 24.4 Å². The number of rotatable bonds is 12. The molecule has 4 rings (SSSR count). The molecule has 9 nitrogen and oxygen atoms in total. The summed E-state index contributed by atoms with van der Waals surface area (Å²) in [6.45, 7) is 4.05. The van der Waals surface area contributed by atoms with Gasteiger partial charge in [-0.3, -0.25) is 9.98 Å². The Kier molecular flexibility index (Phi) is 9.34. The van der Waals surface area contributed by atoms with E-state index < -0.39 is 11.5 Å². The maximum Gasteiger partial charge on any atom is 0.354 e. The van der Waals surface area contributed by atoms with Gasteiger partial charge in [0.1, 0.15) is 5.65 Å². The Morgan fingerprint density at radius 3 is 2.67 bits per heavy atom. The average molecular weight is 553 g/mol. The lowest BCUT2D eigenvalue weighted by Crippen LogP contribution is -2.32. The summed E-state index contributed by atoms with van der Waals surface area (Å²) in [6, 6.07) is 12.9. The summed E-state index contributed by atoms with van der Waals surface area (Å²) in [5, 5.41) is 14.0. The van der Waals surface area contributed by atoms with Gasteiger partial charge in [-0.25, -0.2) is 9.18 Å². The first kappa shape index (κ1) is 28.3. The van der Waals surface area contributed by atoms with Crippen LogP contribution in [-0.2, 0) is 13.0 Å². The fourth-order valence-corrected chi connectivity index (χ4v) is 4.62.